The summed E-state index contributed by atoms with van der Waals surface area (Å²) in [6, 6.07) is 8.99. The van der Waals surface area contributed by atoms with Crippen molar-refractivity contribution in [2.75, 3.05) is 27.3 Å². The van der Waals surface area contributed by atoms with Crippen molar-refractivity contribution in [3.05, 3.63) is 54.0 Å². The van der Waals surface area contributed by atoms with Crippen molar-refractivity contribution < 1.29 is 23.5 Å². The number of benzene rings is 1. The molecular weight excluding hydrogens is 360 g/mol. The Labute approximate surface area is 164 Å². The van der Waals surface area contributed by atoms with E-state index in [1.54, 1.807) is 50.8 Å². The van der Waals surface area contributed by atoms with Crippen LogP contribution in [0.5, 0.6) is 11.5 Å². The summed E-state index contributed by atoms with van der Waals surface area (Å²) in [7, 11) is 3.15. The van der Waals surface area contributed by atoms with Crippen LogP contribution < -0.4 is 9.47 Å². The Morgan fingerprint density at radius 1 is 1.14 bits per heavy atom. The van der Waals surface area contributed by atoms with E-state index in [9.17, 15) is 9.59 Å². The molecule has 7 heteroatoms. The summed E-state index contributed by atoms with van der Waals surface area (Å²) in [5, 5.41) is 3.02. The normalized spacial score (nSPS) is 13.9. The third kappa shape index (κ3) is 4.54. The highest BCUT2D eigenvalue weighted by molar-refractivity contribution is 5.93. The SMILES string of the molecule is COc1ccc(OC)c(/C=C/C(=O)N2CCCN2C(=O)CCc2ccco2)c1. The molecule has 1 fully saturated rings. The number of methoxy groups -OCH3 is 2. The molecule has 1 aromatic carbocycles. The molecular formula is C21H24N2O5. The van der Waals surface area contributed by atoms with E-state index >= 15 is 0 Å². The van der Waals surface area contributed by atoms with E-state index in [0.717, 1.165) is 17.7 Å². The number of aryl methyl sites for hydroxylation is 1. The van der Waals surface area contributed by atoms with Crippen LogP contribution in [0.3, 0.4) is 0 Å². The third-order valence-electron chi connectivity index (χ3n) is 4.58. The maximum absolute atomic E-state index is 12.7. The molecule has 1 aromatic heterocycles. The van der Waals surface area contributed by atoms with Gasteiger partial charge in [0.25, 0.3) is 5.91 Å². The topological polar surface area (TPSA) is 72.2 Å². The molecule has 148 valence electrons. The summed E-state index contributed by atoms with van der Waals surface area (Å²) in [5.41, 5.74) is 0.727. The number of furan rings is 1. The van der Waals surface area contributed by atoms with Crippen molar-refractivity contribution in [1.29, 1.82) is 0 Å². The molecule has 0 saturated carbocycles. The highest BCUT2D eigenvalue weighted by atomic mass is 16.5. The average molecular weight is 384 g/mol. The summed E-state index contributed by atoms with van der Waals surface area (Å²) in [6.07, 6.45) is 6.28. The Morgan fingerprint density at radius 3 is 2.68 bits per heavy atom. The maximum atomic E-state index is 12.7. The molecule has 2 aromatic rings. The summed E-state index contributed by atoms with van der Waals surface area (Å²) >= 11 is 0. The van der Waals surface area contributed by atoms with Crippen LogP contribution in [-0.4, -0.2) is 49.1 Å². The zero-order chi connectivity index (χ0) is 19.9. The van der Waals surface area contributed by atoms with Crippen LogP contribution >= 0.6 is 0 Å². The van der Waals surface area contributed by atoms with E-state index in [4.69, 9.17) is 13.9 Å². The number of rotatable bonds is 7. The number of hydrogen-bond acceptors (Lipinski definition) is 5. The Hall–Kier alpha value is -3.22. The Morgan fingerprint density at radius 2 is 1.96 bits per heavy atom. The van der Waals surface area contributed by atoms with Gasteiger partial charge in [-0.05, 0) is 42.8 Å². The molecule has 0 spiro atoms. The standard InChI is InChI=1S/C21H24N2O5/c1-26-18-7-9-19(27-2)16(15-18)6-10-20(24)22-12-4-13-23(22)21(25)11-8-17-5-3-14-28-17/h3,5-7,9-10,14-15H,4,8,11-13H2,1-2H3/b10-6+. The van der Waals surface area contributed by atoms with Crippen LogP contribution in [0, 0.1) is 0 Å². The number of hydrogen-bond donors (Lipinski definition) is 0. The first kappa shape index (κ1) is 19.5. The van der Waals surface area contributed by atoms with Crippen LogP contribution in [0.1, 0.15) is 24.2 Å². The molecule has 1 saturated heterocycles. The summed E-state index contributed by atoms with van der Waals surface area (Å²) in [5.74, 6) is 1.74. The Kier molecular flexibility index (Phi) is 6.37. The van der Waals surface area contributed by atoms with Crippen LogP contribution in [0.4, 0.5) is 0 Å². The molecule has 1 aliphatic heterocycles. The summed E-state index contributed by atoms with van der Waals surface area (Å²) < 4.78 is 15.8. The second kappa shape index (κ2) is 9.12. The van der Waals surface area contributed by atoms with Gasteiger partial charge in [0.1, 0.15) is 17.3 Å². The fourth-order valence-corrected chi connectivity index (χ4v) is 3.13. The van der Waals surface area contributed by atoms with Crippen LogP contribution in [-0.2, 0) is 16.0 Å². The molecule has 0 N–H and O–H groups in total. The number of amides is 2. The number of hydrazine groups is 1. The van der Waals surface area contributed by atoms with Crippen LogP contribution in [0.15, 0.2) is 47.1 Å². The average Bonchev–Trinajstić information content (AvgIpc) is 3.41. The molecule has 2 heterocycles. The van der Waals surface area contributed by atoms with Gasteiger partial charge in [-0.25, -0.2) is 5.01 Å². The third-order valence-corrected chi connectivity index (χ3v) is 4.58. The molecule has 28 heavy (non-hydrogen) atoms. The van der Waals surface area contributed by atoms with E-state index in [-0.39, 0.29) is 11.8 Å². The Balaban J connectivity index is 1.65. The predicted octanol–water partition coefficient (Wildman–Crippen LogP) is 2.92. The van der Waals surface area contributed by atoms with Gasteiger partial charge in [-0.3, -0.25) is 14.6 Å². The summed E-state index contributed by atoms with van der Waals surface area (Å²) in [4.78, 5) is 25.2. The highest BCUT2D eigenvalue weighted by Gasteiger charge is 2.29. The van der Waals surface area contributed by atoms with Crippen molar-refractivity contribution in [2.45, 2.75) is 19.3 Å². The van der Waals surface area contributed by atoms with E-state index in [1.807, 2.05) is 6.07 Å². The minimum Gasteiger partial charge on any atom is -0.497 e. The number of carbonyl (C=O) groups excluding carboxylic acids is 2. The smallest absolute Gasteiger partial charge is 0.265 e. The van der Waals surface area contributed by atoms with Crippen LogP contribution in [0.2, 0.25) is 0 Å². The molecule has 0 aliphatic carbocycles. The molecule has 1 aliphatic rings. The van der Waals surface area contributed by atoms with Crippen molar-refractivity contribution in [3.8, 4) is 11.5 Å². The molecule has 7 nitrogen and oxygen atoms in total. The number of carbonyl (C=O) groups is 2. The second-order valence-electron chi connectivity index (χ2n) is 6.35. The zero-order valence-electron chi connectivity index (χ0n) is 16.1. The van der Waals surface area contributed by atoms with Gasteiger partial charge in [0.15, 0.2) is 0 Å². The van der Waals surface area contributed by atoms with Gasteiger partial charge in [-0.1, -0.05) is 0 Å². The molecule has 2 amide bonds. The monoisotopic (exact) mass is 384 g/mol. The van der Waals surface area contributed by atoms with Crippen molar-refractivity contribution in [1.82, 2.24) is 10.0 Å². The lowest BCUT2D eigenvalue weighted by atomic mass is 10.1. The lowest BCUT2D eigenvalue weighted by Gasteiger charge is -2.26. The van der Waals surface area contributed by atoms with Gasteiger partial charge in [-0.2, -0.15) is 0 Å². The second-order valence-corrected chi connectivity index (χ2v) is 6.35. The van der Waals surface area contributed by atoms with Gasteiger partial charge in [0, 0.05) is 37.6 Å². The largest absolute Gasteiger partial charge is 0.497 e. The predicted molar refractivity (Wildman–Crippen MR) is 104 cm³/mol. The maximum Gasteiger partial charge on any atom is 0.265 e. The molecule has 0 radical (unpaired) electrons. The first-order valence-electron chi connectivity index (χ1n) is 9.16. The van der Waals surface area contributed by atoms with E-state index < -0.39 is 0 Å². The first-order valence-corrected chi connectivity index (χ1v) is 9.16. The Bertz CT molecular complexity index is 844. The van der Waals surface area contributed by atoms with E-state index in [1.165, 1.54) is 16.1 Å². The molecule has 0 bridgehead atoms. The number of ether oxygens (including phenoxy) is 2. The molecule has 3 rings (SSSR count). The quantitative estimate of drug-likeness (QED) is 0.687. The minimum absolute atomic E-state index is 0.0883. The van der Waals surface area contributed by atoms with Gasteiger partial charge in [0.2, 0.25) is 5.91 Å². The zero-order valence-corrected chi connectivity index (χ0v) is 16.1. The van der Waals surface area contributed by atoms with Crippen molar-refractivity contribution in [3.63, 3.8) is 0 Å². The van der Waals surface area contributed by atoms with Gasteiger partial charge < -0.3 is 13.9 Å². The fourth-order valence-electron chi connectivity index (χ4n) is 3.13. The van der Waals surface area contributed by atoms with Gasteiger partial charge in [-0.15, -0.1) is 0 Å². The molecule has 0 unspecified atom stereocenters. The van der Waals surface area contributed by atoms with Crippen molar-refractivity contribution in [2.24, 2.45) is 0 Å². The van der Waals surface area contributed by atoms with Gasteiger partial charge >= 0.3 is 0 Å². The number of nitrogens with zero attached hydrogens (tertiary/aromatic N) is 2. The highest BCUT2D eigenvalue weighted by Crippen LogP contribution is 2.25. The fraction of sp³-hybridized carbons (Fsp3) is 0.333. The lowest BCUT2D eigenvalue weighted by molar-refractivity contribution is -0.154. The summed E-state index contributed by atoms with van der Waals surface area (Å²) in [6.45, 7) is 1.06. The first-order chi connectivity index (χ1) is 13.6. The van der Waals surface area contributed by atoms with Crippen LogP contribution in [0.25, 0.3) is 6.08 Å². The van der Waals surface area contributed by atoms with Crippen molar-refractivity contribution >= 4 is 17.9 Å². The minimum atomic E-state index is -0.242. The van der Waals surface area contributed by atoms with E-state index in [2.05, 4.69) is 0 Å². The molecule has 0 atom stereocenters. The van der Waals surface area contributed by atoms with E-state index in [0.29, 0.717) is 37.4 Å². The lowest BCUT2D eigenvalue weighted by Crippen LogP contribution is -2.44. The van der Waals surface area contributed by atoms with Gasteiger partial charge in [0.05, 0.1) is 20.5 Å².